The van der Waals surface area contributed by atoms with E-state index in [1.165, 1.54) is 18.4 Å². The van der Waals surface area contributed by atoms with Gasteiger partial charge in [0, 0.05) is 24.9 Å². The van der Waals surface area contributed by atoms with Crippen molar-refractivity contribution in [2.75, 3.05) is 12.4 Å². The van der Waals surface area contributed by atoms with Crippen LogP contribution in [0.1, 0.15) is 25.3 Å². The summed E-state index contributed by atoms with van der Waals surface area (Å²) < 4.78 is 5.81. The third-order valence-electron chi connectivity index (χ3n) is 2.40. The summed E-state index contributed by atoms with van der Waals surface area (Å²) in [6, 6.07) is 1.98. The number of aromatic nitrogens is 1. The van der Waals surface area contributed by atoms with Gasteiger partial charge in [-0.05, 0) is 19.3 Å². The van der Waals surface area contributed by atoms with E-state index in [9.17, 15) is 0 Å². The minimum absolute atomic E-state index is 0.451. The van der Waals surface area contributed by atoms with Crippen LogP contribution in [0.15, 0.2) is 12.3 Å². The Kier molecular flexibility index (Phi) is 2.57. The van der Waals surface area contributed by atoms with Crippen molar-refractivity contribution < 1.29 is 4.74 Å². The van der Waals surface area contributed by atoms with E-state index in [1.807, 2.05) is 19.3 Å². The lowest BCUT2D eigenvalue weighted by molar-refractivity contribution is 0.300. The van der Waals surface area contributed by atoms with Crippen LogP contribution in [-0.2, 0) is 6.42 Å². The first-order chi connectivity index (χ1) is 6.83. The fourth-order valence-corrected chi connectivity index (χ4v) is 1.34. The summed E-state index contributed by atoms with van der Waals surface area (Å²) >= 11 is 0. The van der Waals surface area contributed by atoms with Crippen LogP contribution >= 0.6 is 0 Å². The van der Waals surface area contributed by atoms with Crippen molar-refractivity contribution in [3.63, 3.8) is 0 Å². The van der Waals surface area contributed by atoms with Gasteiger partial charge in [0.05, 0.1) is 6.10 Å². The van der Waals surface area contributed by atoms with Crippen LogP contribution in [-0.4, -0.2) is 18.1 Å². The van der Waals surface area contributed by atoms with Crippen LogP contribution in [0.25, 0.3) is 0 Å². The molecule has 1 fully saturated rings. The molecule has 1 aliphatic rings. The number of hydrogen-bond acceptors (Lipinski definition) is 3. The summed E-state index contributed by atoms with van der Waals surface area (Å²) in [7, 11) is 1.87. The summed E-state index contributed by atoms with van der Waals surface area (Å²) in [5.74, 6) is 1.87. The Morgan fingerprint density at radius 1 is 1.57 bits per heavy atom. The van der Waals surface area contributed by atoms with Gasteiger partial charge in [0.1, 0.15) is 11.6 Å². The SMILES string of the molecule is CCc1cnc(NC)cc1OC1CC1. The molecule has 0 saturated heterocycles. The highest BCUT2D eigenvalue weighted by Gasteiger charge is 2.24. The monoisotopic (exact) mass is 192 g/mol. The highest BCUT2D eigenvalue weighted by Crippen LogP contribution is 2.30. The second-order valence-corrected chi connectivity index (χ2v) is 3.60. The molecule has 3 heteroatoms. The van der Waals surface area contributed by atoms with Gasteiger partial charge < -0.3 is 10.1 Å². The van der Waals surface area contributed by atoms with Gasteiger partial charge in [0.25, 0.3) is 0 Å². The van der Waals surface area contributed by atoms with E-state index in [0.717, 1.165) is 18.0 Å². The molecule has 0 aromatic carbocycles. The first kappa shape index (κ1) is 9.31. The number of anilines is 1. The number of hydrogen-bond donors (Lipinski definition) is 1. The minimum Gasteiger partial charge on any atom is -0.490 e. The quantitative estimate of drug-likeness (QED) is 0.794. The topological polar surface area (TPSA) is 34.2 Å². The molecular weight excluding hydrogens is 176 g/mol. The molecule has 1 aliphatic carbocycles. The van der Waals surface area contributed by atoms with Crippen LogP contribution < -0.4 is 10.1 Å². The molecular formula is C11H16N2O. The van der Waals surface area contributed by atoms with E-state index < -0.39 is 0 Å². The normalized spacial score (nSPS) is 15.3. The van der Waals surface area contributed by atoms with E-state index in [4.69, 9.17) is 4.74 Å². The third-order valence-corrected chi connectivity index (χ3v) is 2.40. The number of nitrogens with one attached hydrogen (secondary N) is 1. The van der Waals surface area contributed by atoms with Crippen LogP contribution in [0.3, 0.4) is 0 Å². The van der Waals surface area contributed by atoms with Gasteiger partial charge in [-0.2, -0.15) is 0 Å². The summed E-state index contributed by atoms with van der Waals surface area (Å²) in [6.45, 7) is 2.12. The Bertz CT molecular complexity index is 321. The zero-order valence-electron chi connectivity index (χ0n) is 8.71. The Morgan fingerprint density at radius 3 is 2.93 bits per heavy atom. The second-order valence-electron chi connectivity index (χ2n) is 3.60. The molecule has 1 heterocycles. The molecule has 0 amide bonds. The molecule has 1 saturated carbocycles. The van der Waals surface area contributed by atoms with Crippen molar-refractivity contribution in [2.45, 2.75) is 32.3 Å². The van der Waals surface area contributed by atoms with Crippen LogP contribution in [0.4, 0.5) is 5.82 Å². The fourth-order valence-electron chi connectivity index (χ4n) is 1.34. The Balaban J connectivity index is 2.21. The summed E-state index contributed by atoms with van der Waals surface area (Å²) in [5.41, 5.74) is 1.19. The molecule has 3 nitrogen and oxygen atoms in total. The molecule has 1 aromatic heterocycles. The van der Waals surface area contributed by atoms with E-state index >= 15 is 0 Å². The zero-order chi connectivity index (χ0) is 9.97. The largest absolute Gasteiger partial charge is 0.490 e. The predicted molar refractivity (Wildman–Crippen MR) is 56.8 cm³/mol. The number of aryl methyl sites for hydroxylation is 1. The van der Waals surface area contributed by atoms with E-state index in [2.05, 4.69) is 17.2 Å². The average Bonchev–Trinajstić information content (AvgIpc) is 3.01. The fraction of sp³-hybridized carbons (Fsp3) is 0.545. The predicted octanol–water partition coefficient (Wildman–Crippen LogP) is 2.23. The highest BCUT2D eigenvalue weighted by molar-refractivity contribution is 5.44. The number of ether oxygens (including phenoxy) is 1. The smallest absolute Gasteiger partial charge is 0.129 e. The van der Waals surface area contributed by atoms with Crippen molar-refractivity contribution in [3.8, 4) is 5.75 Å². The van der Waals surface area contributed by atoms with Crippen LogP contribution in [0, 0.1) is 0 Å². The second kappa shape index (κ2) is 3.86. The van der Waals surface area contributed by atoms with E-state index in [-0.39, 0.29) is 0 Å². The van der Waals surface area contributed by atoms with Crippen LogP contribution in [0.5, 0.6) is 5.75 Å². The van der Waals surface area contributed by atoms with Gasteiger partial charge in [-0.1, -0.05) is 6.92 Å². The van der Waals surface area contributed by atoms with Crippen molar-refractivity contribution in [3.05, 3.63) is 17.8 Å². The molecule has 1 aromatic rings. The third kappa shape index (κ3) is 1.97. The van der Waals surface area contributed by atoms with Crippen molar-refractivity contribution >= 4 is 5.82 Å². The van der Waals surface area contributed by atoms with Crippen LogP contribution in [0.2, 0.25) is 0 Å². The van der Waals surface area contributed by atoms with Gasteiger partial charge in [0.15, 0.2) is 0 Å². The summed E-state index contributed by atoms with van der Waals surface area (Å²) in [4.78, 5) is 4.27. The van der Waals surface area contributed by atoms with Crippen molar-refractivity contribution in [1.29, 1.82) is 0 Å². The molecule has 0 atom stereocenters. The summed E-state index contributed by atoms with van der Waals surface area (Å²) in [5, 5.41) is 3.02. The molecule has 0 unspecified atom stereocenters. The molecule has 0 bridgehead atoms. The molecule has 0 radical (unpaired) electrons. The molecule has 14 heavy (non-hydrogen) atoms. The lowest BCUT2D eigenvalue weighted by Gasteiger charge is -2.10. The van der Waals surface area contributed by atoms with E-state index in [0.29, 0.717) is 6.10 Å². The van der Waals surface area contributed by atoms with Gasteiger partial charge in [-0.25, -0.2) is 4.98 Å². The van der Waals surface area contributed by atoms with Crippen molar-refractivity contribution in [2.24, 2.45) is 0 Å². The molecule has 0 spiro atoms. The van der Waals surface area contributed by atoms with Gasteiger partial charge in [-0.15, -0.1) is 0 Å². The maximum Gasteiger partial charge on any atom is 0.129 e. The molecule has 76 valence electrons. The Hall–Kier alpha value is -1.25. The molecule has 1 N–H and O–H groups in total. The standard InChI is InChI=1S/C11H16N2O/c1-3-8-7-13-11(12-2)6-10(8)14-9-4-5-9/h6-7,9H,3-5H2,1-2H3,(H,12,13). The van der Waals surface area contributed by atoms with Gasteiger partial charge >= 0.3 is 0 Å². The number of pyridine rings is 1. The highest BCUT2D eigenvalue weighted by atomic mass is 16.5. The molecule has 2 rings (SSSR count). The first-order valence-electron chi connectivity index (χ1n) is 5.16. The number of nitrogens with zero attached hydrogens (tertiary/aromatic N) is 1. The zero-order valence-corrected chi connectivity index (χ0v) is 8.71. The Labute approximate surface area is 84.5 Å². The number of rotatable bonds is 4. The minimum atomic E-state index is 0.451. The lowest BCUT2D eigenvalue weighted by Crippen LogP contribution is -2.02. The Morgan fingerprint density at radius 2 is 2.36 bits per heavy atom. The maximum absolute atomic E-state index is 5.81. The first-order valence-corrected chi connectivity index (χ1v) is 5.16. The summed E-state index contributed by atoms with van der Waals surface area (Å²) in [6.07, 6.45) is 5.70. The molecule has 0 aliphatic heterocycles. The maximum atomic E-state index is 5.81. The van der Waals surface area contributed by atoms with Crippen molar-refractivity contribution in [1.82, 2.24) is 4.98 Å². The van der Waals surface area contributed by atoms with Gasteiger partial charge in [-0.3, -0.25) is 0 Å². The average molecular weight is 192 g/mol. The lowest BCUT2D eigenvalue weighted by atomic mass is 10.2. The van der Waals surface area contributed by atoms with E-state index in [1.54, 1.807) is 0 Å². The van der Waals surface area contributed by atoms with Gasteiger partial charge in [0.2, 0.25) is 0 Å².